The van der Waals surface area contributed by atoms with Gasteiger partial charge in [-0.1, -0.05) is 41.9 Å². The second-order valence-corrected chi connectivity index (χ2v) is 8.96. The van der Waals surface area contributed by atoms with Gasteiger partial charge in [-0.15, -0.1) is 5.10 Å². The van der Waals surface area contributed by atoms with Crippen LogP contribution in [0, 0.1) is 5.82 Å². The van der Waals surface area contributed by atoms with E-state index < -0.39 is 20.7 Å². The first-order valence-corrected chi connectivity index (χ1v) is 10.9. The number of nitrogens with zero attached hydrogens (tertiary/aromatic N) is 5. The molecule has 0 atom stereocenters. The minimum absolute atomic E-state index is 0.00983. The van der Waals surface area contributed by atoms with Crippen LogP contribution < -0.4 is 0 Å². The number of rotatable bonds is 7. The third kappa shape index (κ3) is 4.76. The first-order valence-electron chi connectivity index (χ1n) is 9.11. The van der Waals surface area contributed by atoms with Crippen molar-refractivity contribution in [2.24, 2.45) is 0 Å². The zero-order chi connectivity index (χ0) is 21.8. The molecule has 2 aromatic heterocycles. The summed E-state index contributed by atoms with van der Waals surface area (Å²) >= 11 is 5.79. The van der Waals surface area contributed by atoms with Gasteiger partial charge in [-0.2, -0.15) is 4.31 Å². The van der Waals surface area contributed by atoms with Crippen molar-refractivity contribution >= 4 is 21.6 Å². The largest absolute Gasteiger partial charge is 0.260 e. The van der Waals surface area contributed by atoms with Crippen LogP contribution in [0.2, 0.25) is 5.02 Å². The maximum Gasteiger partial charge on any atom is 0.246 e. The molecule has 0 bridgehead atoms. The van der Waals surface area contributed by atoms with E-state index in [1.54, 1.807) is 48.7 Å². The summed E-state index contributed by atoms with van der Waals surface area (Å²) in [5.41, 5.74) is 1.98. The van der Waals surface area contributed by atoms with Crippen LogP contribution in [0.4, 0.5) is 4.39 Å². The Bertz CT molecular complexity index is 1270. The Labute approximate surface area is 182 Å². The molecule has 11 heteroatoms. The molecule has 0 amide bonds. The van der Waals surface area contributed by atoms with Gasteiger partial charge in [0.2, 0.25) is 10.0 Å². The zero-order valence-corrected chi connectivity index (χ0v) is 17.6. The molecule has 0 unspecified atom stereocenters. The lowest BCUT2D eigenvalue weighted by Gasteiger charge is -2.22. The number of halogens is 2. The van der Waals surface area contributed by atoms with Gasteiger partial charge in [-0.05, 0) is 46.3 Å². The molecule has 0 saturated heterocycles. The molecule has 4 aromatic rings. The Morgan fingerprint density at radius 2 is 1.84 bits per heavy atom. The zero-order valence-electron chi connectivity index (χ0n) is 16.0. The molecule has 2 heterocycles. The highest BCUT2D eigenvalue weighted by Gasteiger charge is 2.28. The third-order valence-corrected chi connectivity index (χ3v) is 6.57. The van der Waals surface area contributed by atoms with E-state index in [-0.39, 0.29) is 18.1 Å². The number of nitrogens with one attached hydrogen (secondary N) is 1. The van der Waals surface area contributed by atoms with Gasteiger partial charge in [0.05, 0.1) is 12.2 Å². The Kier molecular flexibility index (Phi) is 6.03. The van der Waals surface area contributed by atoms with Crippen LogP contribution in [0.25, 0.3) is 11.4 Å². The molecule has 0 fully saturated rings. The van der Waals surface area contributed by atoms with Crippen molar-refractivity contribution in [2.75, 3.05) is 0 Å². The number of hydrogen-bond acceptors (Lipinski definition) is 6. The van der Waals surface area contributed by atoms with Gasteiger partial charge in [-0.25, -0.2) is 17.9 Å². The predicted molar refractivity (Wildman–Crippen MR) is 112 cm³/mol. The van der Waals surface area contributed by atoms with E-state index in [4.69, 9.17) is 11.6 Å². The topological polar surface area (TPSA) is 105 Å². The Morgan fingerprint density at radius 1 is 1.03 bits per heavy atom. The average Bonchev–Trinajstić information content (AvgIpc) is 3.29. The van der Waals surface area contributed by atoms with Gasteiger partial charge >= 0.3 is 0 Å². The molecule has 0 aliphatic carbocycles. The van der Waals surface area contributed by atoms with Gasteiger partial charge < -0.3 is 0 Å². The lowest BCUT2D eigenvalue weighted by molar-refractivity contribution is 0.393. The standard InChI is InChI=1S/C20H16ClFN6O2S/c21-16-8-9-19(18(22)11-16)31(29,30)28(13-17-3-1-2-10-23-17)12-14-4-6-15(7-5-14)20-24-26-27-25-20/h1-11H,12-13H2,(H,24,25,26,27). The maximum atomic E-state index is 14.5. The summed E-state index contributed by atoms with van der Waals surface area (Å²) < 4.78 is 42.3. The number of aromatic amines is 1. The van der Waals surface area contributed by atoms with E-state index >= 15 is 0 Å². The number of H-pyrrole nitrogens is 1. The normalized spacial score (nSPS) is 11.7. The van der Waals surface area contributed by atoms with Crippen molar-refractivity contribution in [3.8, 4) is 11.4 Å². The molecule has 8 nitrogen and oxygen atoms in total. The maximum absolute atomic E-state index is 14.5. The molecular formula is C20H16ClFN6O2S. The highest BCUT2D eigenvalue weighted by atomic mass is 35.5. The molecule has 31 heavy (non-hydrogen) atoms. The summed E-state index contributed by atoms with van der Waals surface area (Å²) in [7, 11) is -4.18. The monoisotopic (exact) mass is 458 g/mol. The molecule has 158 valence electrons. The molecule has 4 rings (SSSR count). The van der Waals surface area contributed by atoms with Crippen molar-refractivity contribution in [3.63, 3.8) is 0 Å². The van der Waals surface area contributed by atoms with E-state index in [2.05, 4.69) is 25.6 Å². The number of pyridine rings is 1. The Morgan fingerprint density at radius 3 is 2.48 bits per heavy atom. The van der Waals surface area contributed by atoms with Crippen molar-refractivity contribution in [1.29, 1.82) is 0 Å². The second-order valence-electron chi connectivity index (χ2n) is 6.62. The average molecular weight is 459 g/mol. The van der Waals surface area contributed by atoms with Gasteiger partial charge in [-0.3, -0.25) is 4.98 Å². The summed E-state index contributed by atoms with van der Waals surface area (Å²) in [5, 5.41) is 13.7. The SMILES string of the molecule is O=S(=O)(c1ccc(Cl)cc1F)N(Cc1ccc(-c2nnn[nH]2)cc1)Cc1ccccn1. The molecule has 0 aliphatic rings. The van der Waals surface area contributed by atoms with Gasteiger partial charge in [0, 0.05) is 23.3 Å². The van der Waals surface area contributed by atoms with Crippen LogP contribution in [-0.4, -0.2) is 38.3 Å². The highest BCUT2D eigenvalue weighted by Crippen LogP contribution is 2.25. The number of sulfonamides is 1. The van der Waals surface area contributed by atoms with Crippen LogP contribution in [0.1, 0.15) is 11.3 Å². The highest BCUT2D eigenvalue weighted by molar-refractivity contribution is 7.89. The Hall–Kier alpha value is -3.21. The van der Waals surface area contributed by atoms with Crippen molar-refractivity contribution < 1.29 is 12.8 Å². The quantitative estimate of drug-likeness (QED) is 0.455. The van der Waals surface area contributed by atoms with Crippen LogP contribution >= 0.6 is 11.6 Å². The number of aromatic nitrogens is 5. The summed E-state index contributed by atoms with van der Waals surface area (Å²) in [6.07, 6.45) is 1.57. The van der Waals surface area contributed by atoms with E-state index in [0.717, 1.165) is 11.6 Å². The fraction of sp³-hybridized carbons (Fsp3) is 0.100. The molecule has 0 spiro atoms. The fourth-order valence-electron chi connectivity index (χ4n) is 2.97. The number of hydrogen-bond donors (Lipinski definition) is 1. The first kappa shape index (κ1) is 21.0. The fourth-order valence-corrected chi connectivity index (χ4v) is 4.58. The molecule has 0 saturated carbocycles. The first-order chi connectivity index (χ1) is 14.9. The van der Waals surface area contributed by atoms with Crippen LogP contribution in [-0.2, 0) is 23.1 Å². The smallest absolute Gasteiger partial charge is 0.246 e. The molecule has 2 aromatic carbocycles. The Balaban J connectivity index is 1.67. The van der Waals surface area contributed by atoms with E-state index in [1.165, 1.54) is 16.4 Å². The molecule has 0 radical (unpaired) electrons. The molecule has 1 N–H and O–H groups in total. The van der Waals surface area contributed by atoms with Crippen LogP contribution in [0.3, 0.4) is 0 Å². The minimum atomic E-state index is -4.18. The second kappa shape index (κ2) is 8.88. The molecular weight excluding hydrogens is 443 g/mol. The third-order valence-electron chi connectivity index (χ3n) is 4.51. The van der Waals surface area contributed by atoms with Gasteiger partial charge in [0.15, 0.2) is 5.82 Å². The minimum Gasteiger partial charge on any atom is -0.260 e. The molecule has 0 aliphatic heterocycles. The predicted octanol–water partition coefficient (Wildman–Crippen LogP) is 3.45. The number of tetrazole rings is 1. The summed E-state index contributed by atoms with van der Waals surface area (Å²) in [5.74, 6) is -0.417. The summed E-state index contributed by atoms with van der Waals surface area (Å²) in [4.78, 5) is 3.76. The van der Waals surface area contributed by atoms with Crippen molar-refractivity contribution in [2.45, 2.75) is 18.0 Å². The van der Waals surface area contributed by atoms with E-state index in [1.807, 2.05) is 0 Å². The van der Waals surface area contributed by atoms with Crippen molar-refractivity contribution in [1.82, 2.24) is 29.9 Å². The van der Waals surface area contributed by atoms with Crippen LogP contribution in [0.15, 0.2) is 71.8 Å². The lowest BCUT2D eigenvalue weighted by Crippen LogP contribution is -2.31. The number of benzene rings is 2. The summed E-state index contributed by atoms with van der Waals surface area (Å²) in [6, 6.07) is 15.8. The lowest BCUT2D eigenvalue weighted by atomic mass is 10.1. The van der Waals surface area contributed by atoms with Crippen LogP contribution in [0.5, 0.6) is 0 Å². The van der Waals surface area contributed by atoms with E-state index in [9.17, 15) is 12.8 Å². The van der Waals surface area contributed by atoms with Gasteiger partial charge in [0.1, 0.15) is 10.7 Å². The van der Waals surface area contributed by atoms with Crippen molar-refractivity contribution in [3.05, 3.63) is 89.0 Å². The van der Waals surface area contributed by atoms with E-state index in [0.29, 0.717) is 17.1 Å². The van der Waals surface area contributed by atoms with Gasteiger partial charge in [0.25, 0.3) is 0 Å². The summed E-state index contributed by atoms with van der Waals surface area (Å²) in [6.45, 7) is -0.0189.